The number of hydrogen-bond acceptors (Lipinski definition) is 7. The van der Waals surface area contributed by atoms with Crippen LogP contribution in [0.4, 0.5) is 0 Å². The number of nitrogens with zero attached hydrogens (tertiary/aromatic N) is 2. The molecule has 5 rings (SSSR count). The third kappa shape index (κ3) is 8.54. The molecule has 1 amide bonds. The topological polar surface area (TPSA) is 108 Å². The maximum absolute atomic E-state index is 12.9. The number of amides is 1. The van der Waals surface area contributed by atoms with E-state index in [1.54, 1.807) is 0 Å². The minimum atomic E-state index is -0.603. The number of rotatable bonds is 15. The van der Waals surface area contributed by atoms with Gasteiger partial charge in [0.25, 0.3) is 0 Å². The van der Waals surface area contributed by atoms with Crippen LogP contribution in [0.15, 0.2) is 0 Å². The molecule has 1 aliphatic heterocycles. The Morgan fingerprint density at radius 3 is 2.27 bits per heavy atom. The van der Waals surface area contributed by atoms with Crippen LogP contribution >= 0.6 is 0 Å². The van der Waals surface area contributed by atoms with Gasteiger partial charge in [-0.15, -0.1) is 0 Å². The van der Waals surface area contributed by atoms with E-state index in [1.165, 1.54) is 97.6 Å². The minimum absolute atomic E-state index is 0.0189. The van der Waals surface area contributed by atoms with Crippen LogP contribution < -0.4 is 11.1 Å². The smallest absolute Gasteiger partial charge is 0.328 e. The van der Waals surface area contributed by atoms with Gasteiger partial charge in [0.15, 0.2) is 0 Å². The summed E-state index contributed by atoms with van der Waals surface area (Å²) < 4.78 is 4.92. The second-order valence-corrected chi connectivity index (χ2v) is 18.2. The van der Waals surface area contributed by atoms with Gasteiger partial charge in [-0.25, -0.2) is 4.79 Å². The third-order valence-corrected chi connectivity index (χ3v) is 15.4. The van der Waals surface area contributed by atoms with E-state index in [0.29, 0.717) is 35.5 Å². The molecule has 0 aromatic heterocycles. The number of methoxy groups -OCH3 is 1. The van der Waals surface area contributed by atoms with E-state index in [4.69, 9.17) is 10.5 Å². The molecule has 8 nitrogen and oxygen atoms in total. The molecule has 11 atom stereocenters. The predicted molar refractivity (Wildman–Crippen MR) is 198 cm³/mol. The van der Waals surface area contributed by atoms with Crippen molar-refractivity contribution in [2.24, 2.45) is 63.9 Å². The monoisotopic (exact) mass is 687 g/mol. The maximum atomic E-state index is 12.9. The maximum Gasteiger partial charge on any atom is 0.328 e. The molecule has 0 aromatic rings. The number of carbonyl (C=O) groups excluding carboxylic acids is 2. The Bertz CT molecular complexity index is 1080. The Kier molecular flexibility index (Phi) is 13.6. The molecule has 0 spiro atoms. The fourth-order valence-electron chi connectivity index (χ4n) is 12.3. The highest BCUT2D eigenvalue weighted by molar-refractivity contribution is 5.84. The van der Waals surface area contributed by atoms with Gasteiger partial charge in [-0.3, -0.25) is 4.79 Å². The molecule has 8 heteroatoms. The van der Waals surface area contributed by atoms with Gasteiger partial charge in [0.05, 0.1) is 13.2 Å². The van der Waals surface area contributed by atoms with Crippen molar-refractivity contribution >= 4 is 11.9 Å². The van der Waals surface area contributed by atoms with Gasteiger partial charge in [-0.1, -0.05) is 47.5 Å². The Balaban J connectivity index is 1.09. The number of aliphatic hydroxyl groups excluding tert-OH is 1. The van der Waals surface area contributed by atoms with E-state index < -0.39 is 6.04 Å². The SMILES string of the molecule is COC(=O)C(NC(=O)CCC(C)C1CCC2C3CC[C@@H]4C[C@@H](CCCCN5CCN(CCCN)CC5)CC[C@]4(C)C3C[C@H](O)[C@]12C)C(C)C. The van der Waals surface area contributed by atoms with Crippen molar-refractivity contribution in [2.75, 3.05) is 52.9 Å². The molecular formula is C41H74N4O4. The van der Waals surface area contributed by atoms with Gasteiger partial charge in [0, 0.05) is 32.6 Å². The minimum Gasteiger partial charge on any atom is -0.467 e. The molecule has 6 unspecified atom stereocenters. The van der Waals surface area contributed by atoms with Crippen molar-refractivity contribution in [3.63, 3.8) is 0 Å². The standard InChI is InChI=1S/C41H74N4O4/c1-28(2)38(39(48)49-6)43-37(47)16-11-29(3)33-14-15-34-32-13-12-31-26-30(17-18-40(31,4)35(32)27-36(46)41(33,34)5)10-7-8-20-44-22-24-45(25-23-44)21-9-19-42/h28-36,38,46H,7-27,42H2,1-6H3,(H,43,47)/t29?,30-,31+,32?,33?,34?,35?,36-,38?,40-,41+/m0/s1. The van der Waals surface area contributed by atoms with Crippen LogP contribution in [-0.4, -0.2) is 91.9 Å². The van der Waals surface area contributed by atoms with Crippen LogP contribution in [0.5, 0.6) is 0 Å². The number of esters is 1. The van der Waals surface area contributed by atoms with Crippen molar-refractivity contribution in [2.45, 2.75) is 137 Å². The summed E-state index contributed by atoms with van der Waals surface area (Å²) in [7, 11) is 1.37. The molecule has 0 radical (unpaired) electrons. The quantitative estimate of drug-likeness (QED) is 0.141. The Morgan fingerprint density at radius 1 is 0.918 bits per heavy atom. The van der Waals surface area contributed by atoms with Crippen molar-refractivity contribution in [3.05, 3.63) is 0 Å². The summed E-state index contributed by atoms with van der Waals surface area (Å²) in [5.41, 5.74) is 6.01. The lowest BCUT2D eigenvalue weighted by Gasteiger charge is -2.62. The van der Waals surface area contributed by atoms with E-state index in [1.807, 2.05) is 13.8 Å². The Labute approximate surface area is 299 Å². The lowest BCUT2D eigenvalue weighted by molar-refractivity contribution is -0.171. The number of piperazine rings is 1. The number of unbranched alkanes of at least 4 members (excludes halogenated alkanes) is 1. The van der Waals surface area contributed by atoms with E-state index in [9.17, 15) is 14.7 Å². The van der Waals surface area contributed by atoms with Crippen molar-refractivity contribution in [3.8, 4) is 0 Å². The number of aliphatic hydroxyl groups is 1. The fraction of sp³-hybridized carbons (Fsp3) is 0.951. The van der Waals surface area contributed by atoms with Crippen LogP contribution in [0.3, 0.4) is 0 Å². The molecule has 1 saturated heterocycles. The molecular weight excluding hydrogens is 612 g/mol. The summed E-state index contributed by atoms with van der Waals surface area (Å²) in [6.07, 6.45) is 16.4. The van der Waals surface area contributed by atoms with Crippen LogP contribution in [-0.2, 0) is 14.3 Å². The van der Waals surface area contributed by atoms with Crippen molar-refractivity contribution in [1.82, 2.24) is 15.1 Å². The Hall–Kier alpha value is -1.22. The zero-order valence-electron chi connectivity index (χ0n) is 32.3. The largest absolute Gasteiger partial charge is 0.467 e. The number of ether oxygens (including phenoxy) is 1. The Morgan fingerprint density at radius 2 is 1.61 bits per heavy atom. The summed E-state index contributed by atoms with van der Waals surface area (Å²) in [6, 6.07) is -0.603. The van der Waals surface area contributed by atoms with Gasteiger partial charge < -0.3 is 30.7 Å². The van der Waals surface area contributed by atoms with Crippen molar-refractivity contribution < 1.29 is 19.4 Å². The molecule has 4 saturated carbocycles. The number of hydrogen-bond donors (Lipinski definition) is 3. The molecule has 4 N–H and O–H groups in total. The van der Waals surface area contributed by atoms with Gasteiger partial charge >= 0.3 is 5.97 Å². The van der Waals surface area contributed by atoms with E-state index in [2.05, 4.69) is 35.9 Å². The van der Waals surface area contributed by atoms with Crippen LogP contribution in [0, 0.1) is 58.2 Å². The summed E-state index contributed by atoms with van der Waals surface area (Å²) in [5.74, 6) is 3.99. The van der Waals surface area contributed by atoms with Crippen LogP contribution in [0.1, 0.15) is 125 Å². The number of fused-ring (bicyclic) bond motifs is 5. The van der Waals surface area contributed by atoms with E-state index >= 15 is 0 Å². The fourth-order valence-corrected chi connectivity index (χ4v) is 12.3. The summed E-state index contributed by atoms with van der Waals surface area (Å²) in [5, 5.41) is 15.0. The first-order valence-electron chi connectivity index (χ1n) is 20.6. The average molecular weight is 687 g/mol. The molecule has 282 valence electrons. The van der Waals surface area contributed by atoms with Crippen LogP contribution in [0.2, 0.25) is 0 Å². The number of nitrogens with one attached hydrogen (secondary N) is 1. The van der Waals surface area contributed by atoms with Crippen LogP contribution in [0.25, 0.3) is 0 Å². The zero-order valence-corrected chi connectivity index (χ0v) is 32.3. The molecule has 5 fully saturated rings. The highest BCUT2D eigenvalue weighted by Gasteiger charge is 2.63. The third-order valence-electron chi connectivity index (χ3n) is 15.4. The second-order valence-electron chi connectivity index (χ2n) is 18.2. The molecule has 49 heavy (non-hydrogen) atoms. The number of carbonyl (C=O) groups is 2. The second kappa shape index (κ2) is 17.1. The average Bonchev–Trinajstić information content (AvgIpc) is 3.46. The zero-order chi connectivity index (χ0) is 35.3. The van der Waals surface area contributed by atoms with Gasteiger partial charge in [0.2, 0.25) is 5.91 Å². The lowest BCUT2D eigenvalue weighted by atomic mass is 9.43. The highest BCUT2D eigenvalue weighted by Crippen LogP contribution is 2.68. The molecule has 0 bridgehead atoms. The first-order valence-corrected chi connectivity index (χ1v) is 20.6. The first-order chi connectivity index (χ1) is 23.4. The normalized spacial score (nSPS) is 37.9. The van der Waals surface area contributed by atoms with Gasteiger partial charge in [0.1, 0.15) is 6.04 Å². The predicted octanol–water partition coefficient (Wildman–Crippen LogP) is 6.10. The van der Waals surface area contributed by atoms with Gasteiger partial charge in [-0.2, -0.15) is 0 Å². The molecule has 1 heterocycles. The first kappa shape index (κ1) is 39.0. The van der Waals surface area contributed by atoms with E-state index in [-0.39, 0.29) is 29.3 Å². The summed E-state index contributed by atoms with van der Waals surface area (Å²) in [4.78, 5) is 30.3. The van der Waals surface area contributed by atoms with E-state index in [0.717, 1.165) is 56.5 Å². The van der Waals surface area contributed by atoms with Gasteiger partial charge in [-0.05, 0) is 148 Å². The lowest BCUT2D eigenvalue weighted by Crippen LogP contribution is -2.58. The summed E-state index contributed by atoms with van der Waals surface area (Å²) in [6.45, 7) is 19.3. The molecule has 0 aromatic carbocycles. The molecule has 5 aliphatic rings. The molecule has 4 aliphatic carbocycles. The highest BCUT2D eigenvalue weighted by atomic mass is 16.5. The summed E-state index contributed by atoms with van der Waals surface area (Å²) >= 11 is 0. The van der Waals surface area contributed by atoms with Crippen molar-refractivity contribution in [1.29, 1.82) is 0 Å². The number of nitrogens with two attached hydrogens (primary N) is 1.